The number of unbranched alkanes of at least 4 members (excludes halogenated alkanes) is 3. The summed E-state index contributed by atoms with van der Waals surface area (Å²) in [7, 11) is 0. The molecule has 0 bridgehead atoms. The van der Waals surface area contributed by atoms with E-state index < -0.39 is 0 Å². The van der Waals surface area contributed by atoms with E-state index in [2.05, 4.69) is 58.1 Å². The number of hydrogen-bond donors (Lipinski definition) is 1. The molecule has 114 valence electrons. The molecule has 0 aromatic heterocycles. The lowest BCUT2D eigenvalue weighted by atomic mass is 10.1. The molecular weight excluding hydrogens is 246 g/mol. The molecule has 0 spiro atoms. The van der Waals surface area contributed by atoms with Crippen molar-refractivity contribution in [1.82, 2.24) is 5.32 Å². The molecule has 0 aliphatic heterocycles. The van der Waals surface area contributed by atoms with Gasteiger partial charge in [0.1, 0.15) is 5.75 Å². The van der Waals surface area contributed by atoms with Gasteiger partial charge >= 0.3 is 0 Å². The molecule has 1 aromatic carbocycles. The molecule has 0 aliphatic rings. The molecule has 0 unspecified atom stereocenters. The summed E-state index contributed by atoms with van der Waals surface area (Å²) >= 11 is 0. The molecule has 0 saturated carbocycles. The van der Waals surface area contributed by atoms with E-state index in [1.807, 2.05) is 0 Å². The van der Waals surface area contributed by atoms with Crippen molar-refractivity contribution in [2.24, 2.45) is 0 Å². The van der Waals surface area contributed by atoms with Gasteiger partial charge in [0.05, 0.1) is 6.61 Å². The number of ether oxygens (including phenoxy) is 1. The van der Waals surface area contributed by atoms with Crippen LogP contribution in [0.3, 0.4) is 0 Å². The van der Waals surface area contributed by atoms with Crippen molar-refractivity contribution < 1.29 is 4.74 Å². The fourth-order valence-corrected chi connectivity index (χ4v) is 2.09. The first kappa shape index (κ1) is 17.0. The van der Waals surface area contributed by atoms with Gasteiger partial charge in [0.25, 0.3) is 0 Å². The average molecular weight is 277 g/mol. The molecule has 0 amide bonds. The van der Waals surface area contributed by atoms with Gasteiger partial charge in [-0.05, 0) is 71.2 Å². The van der Waals surface area contributed by atoms with Gasteiger partial charge in [-0.1, -0.05) is 25.0 Å². The predicted molar refractivity (Wildman–Crippen MR) is 87.6 cm³/mol. The van der Waals surface area contributed by atoms with E-state index in [9.17, 15) is 0 Å². The number of hydrogen-bond acceptors (Lipinski definition) is 2. The fourth-order valence-electron chi connectivity index (χ4n) is 2.09. The lowest BCUT2D eigenvalue weighted by Gasteiger charge is -2.20. The fraction of sp³-hybridized carbons (Fsp3) is 0.667. The second kappa shape index (κ2) is 8.31. The summed E-state index contributed by atoms with van der Waals surface area (Å²) in [4.78, 5) is 0. The molecule has 1 aromatic rings. The average Bonchev–Trinajstić information content (AvgIpc) is 2.35. The number of rotatable bonds is 8. The van der Waals surface area contributed by atoms with Crippen LogP contribution in [0.25, 0.3) is 0 Å². The number of aryl methyl sites for hydroxylation is 2. The monoisotopic (exact) mass is 277 g/mol. The summed E-state index contributed by atoms with van der Waals surface area (Å²) < 4.78 is 5.86. The largest absolute Gasteiger partial charge is 0.493 e. The van der Waals surface area contributed by atoms with Crippen molar-refractivity contribution in [3.05, 3.63) is 29.3 Å². The van der Waals surface area contributed by atoms with E-state index in [1.54, 1.807) is 0 Å². The van der Waals surface area contributed by atoms with Crippen molar-refractivity contribution in [2.45, 2.75) is 65.8 Å². The summed E-state index contributed by atoms with van der Waals surface area (Å²) in [6.07, 6.45) is 4.92. The van der Waals surface area contributed by atoms with Crippen LogP contribution in [0.4, 0.5) is 0 Å². The van der Waals surface area contributed by atoms with Gasteiger partial charge in [-0.25, -0.2) is 0 Å². The van der Waals surface area contributed by atoms with Crippen LogP contribution in [-0.4, -0.2) is 18.7 Å². The Morgan fingerprint density at radius 2 is 1.70 bits per heavy atom. The highest BCUT2D eigenvalue weighted by atomic mass is 16.5. The van der Waals surface area contributed by atoms with Gasteiger partial charge in [0, 0.05) is 5.54 Å². The van der Waals surface area contributed by atoms with Crippen molar-refractivity contribution in [3.8, 4) is 5.75 Å². The maximum absolute atomic E-state index is 5.86. The molecule has 2 heteroatoms. The number of nitrogens with one attached hydrogen (secondary N) is 1. The maximum atomic E-state index is 5.86. The molecule has 1 rings (SSSR count). The summed E-state index contributed by atoms with van der Waals surface area (Å²) in [5, 5.41) is 3.52. The summed E-state index contributed by atoms with van der Waals surface area (Å²) in [5.74, 6) is 1.04. The highest BCUT2D eigenvalue weighted by Gasteiger charge is 2.06. The zero-order chi connectivity index (χ0) is 15.0. The summed E-state index contributed by atoms with van der Waals surface area (Å²) in [5.41, 5.74) is 2.73. The van der Waals surface area contributed by atoms with E-state index in [4.69, 9.17) is 4.74 Å². The van der Waals surface area contributed by atoms with Gasteiger partial charge < -0.3 is 10.1 Å². The van der Waals surface area contributed by atoms with Crippen molar-refractivity contribution >= 4 is 0 Å². The molecule has 1 N–H and O–H groups in total. The van der Waals surface area contributed by atoms with Crippen molar-refractivity contribution in [3.63, 3.8) is 0 Å². The first-order valence-corrected chi connectivity index (χ1v) is 7.83. The van der Waals surface area contributed by atoms with E-state index in [-0.39, 0.29) is 5.54 Å². The van der Waals surface area contributed by atoms with Gasteiger partial charge in [0.2, 0.25) is 0 Å². The van der Waals surface area contributed by atoms with Crippen LogP contribution < -0.4 is 10.1 Å². The molecule has 0 heterocycles. The van der Waals surface area contributed by atoms with Crippen LogP contribution >= 0.6 is 0 Å². The number of benzene rings is 1. The lowest BCUT2D eigenvalue weighted by molar-refractivity contribution is 0.301. The third kappa shape index (κ3) is 7.54. The van der Waals surface area contributed by atoms with Gasteiger partial charge in [-0.3, -0.25) is 0 Å². The van der Waals surface area contributed by atoms with Crippen LogP contribution in [0.1, 0.15) is 57.6 Å². The van der Waals surface area contributed by atoms with Gasteiger partial charge in [-0.2, -0.15) is 0 Å². The third-order valence-electron chi connectivity index (χ3n) is 3.33. The van der Waals surface area contributed by atoms with Gasteiger partial charge in [0.15, 0.2) is 0 Å². The molecule has 2 nitrogen and oxygen atoms in total. The van der Waals surface area contributed by atoms with Crippen molar-refractivity contribution in [1.29, 1.82) is 0 Å². The standard InChI is InChI=1S/C18H31NO/c1-15-10-11-16(2)17(14-15)20-13-9-7-6-8-12-19-18(3,4)5/h10-11,14,19H,6-9,12-13H2,1-5H3. The first-order valence-electron chi connectivity index (χ1n) is 7.83. The molecule has 0 fully saturated rings. The molecule has 0 atom stereocenters. The van der Waals surface area contributed by atoms with E-state index in [1.165, 1.54) is 30.4 Å². The topological polar surface area (TPSA) is 21.3 Å². The summed E-state index contributed by atoms with van der Waals surface area (Å²) in [6.45, 7) is 12.8. The Morgan fingerprint density at radius 1 is 1.00 bits per heavy atom. The van der Waals surface area contributed by atoms with E-state index in [0.29, 0.717) is 0 Å². The third-order valence-corrected chi connectivity index (χ3v) is 3.33. The van der Waals surface area contributed by atoms with Crippen LogP contribution in [-0.2, 0) is 0 Å². The zero-order valence-corrected chi connectivity index (χ0v) is 13.9. The SMILES string of the molecule is Cc1ccc(C)c(OCCCCCCNC(C)(C)C)c1. The highest BCUT2D eigenvalue weighted by Crippen LogP contribution is 2.19. The molecule has 20 heavy (non-hydrogen) atoms. The molecule has 0 saturated heterocycles. The minimum atomic E-state index is 0.242. The minimum Gasteiger partial charge on any atom is -0.493 e. The highest BCUT2D eigenvalue weighted by molar-refractivity contribution is 5.35. The second-order valence-corrected chi connectivity index (χ2v) is 6.71. The van der Waals surface area contributed by atoms with Crippen molar-refractivity contribution in [2.75, 3.05) is 13.2 Å². The zero-order valence-electron chi connectivity index (χ0n) is 13.9. The Bertz CT molecular complexity index is 393. The van der Waals surface area contributed by atoms with Crippen LogP contribution in [0, 0.1) is 13.8 Å². The van der Waals surface area contributed by atoms with E-state index >= 15 is 0 Å². The van der Waals surface area contributed by atoms with Crippen LogP contribution in [0.15, 0.2) is 18.2 Å². The quantitative estimate of drug-likeness (QED) is 0.699. The Hall–Kier alpha value is -1.02. The summed E-state index contributed by atoms with van der Waals surface area (Å²) in [6, 6.07) is 6.38. The van der Waals surface area contributed by atoms with Crippen LogP contribution in [0.2, 0.25) is 0 Å². The van der Waals surface area contributed by atoms with E-state index in [0.717, 1.165) is 25.3 Å². The Morgan fingerprint density at radius 3 is 2.40 bits per heavy atom. The Kier molecular flexibility index (Phi) is 7.08. The lowest BCUT2D eigenvalue weighted by Crippen LogP contribution is -2.36. The maximum Gasteiger partial charge on any atom is 0.122 e. The minimum absolute atomic E-state index is 0.242. The molecular formula is C18H31NO. The first-order chi connectivity index (χ1) is 9.38. The smallest absolute Gasteiger partial charge is 0.122 e. The van der Waals surface area contributed by atoms with Gasteiger partial charge in [-0.15, -0.1) is 0 Å². The molecule has 0 radical (unpaired) electrons. The Balaban J connectivity index is 2.06. The van der Waals surface area contributed by atoms with Crippen LogP contribution in [0.5, 0.6) is 5.75 Å². The second-order valence-electron chi connectivity index (χ2n) is 6.71. The normalized spacial score (nSPS) is 11.7. The predicted octanol–water partition coefficient (Wildman–Crippen LogP) is 4.63. The Labute approximate surface area is 124 Å². The molecule has 0 aliphatic carbocycles.